The lowest BCUT2D eigenvalue weighted by Crippen LogP contribution is -2.44. The van der Waals surface area contributed by atoms with Crippen LogP contribution in [0.2, 0.25) is 0 Å². The third kappa shape index (κ3) is 4.97. The summed E-state index contributed by atoms with van der Waals surface area (Å²) >= 11 is 0. The van der Waals surface area contributed by atoms with Crippen molar-refractivity contribution in [3.05, 3.63) is 0 Å². The molecule has 0 aromatic heterocycles. The lowest BCUT2D eigenvalue weighted by atomic mass is 10.1. The summed E-state index contributed by atoms with van der Waals surface area (Å²) in [4.78, 5) is 0. The molecule has 0 unspecified atom stereocenters. The van der Waals surface area contributed by atoms with Crippen molar-refractivity contribution in [2.75, 3.05) is 33.0 Å². The molecule has 1 fully saturated rings. The van der Waals surface area contributed by atoms with E-state index in [2.05, 4.69) is 13.8 Å². The van der Waals surface area contributed by atoms with Crippen LogP contribution in [0.5, 0.6) is 0 Å². The molecule has 1 aliphatic rings. The van der Waals surface area contributed by atoms with E-state index in [9.17, 15) is 0 Å². The van der Waals surface area contributed by atoms with E-state index >= 15 is 0 Å². The van der Waals surface area contributed by atoms with Gasteiger partial charge in [-0.15, -0.1) is 0 Å². The molecule has 120 valence electrons. The van der Waals surface area contributed by atoms with Gasteiger partial charge in [0.15, 0.2) is 5.79 Å². The molecule has 5 nitrogen and oxygen atoms in total. The second kappa shape index (κ2) is 8.95. The summed E-state index contributed by atoms with van der Waals surface area (Å²) in [6, 6.07) is 0. The molecule has 20 heavy (non-hydrogen) atoms. The smallest absolute Gasteiger partial charge is 0.282 e. The Kier molecular flexibility index (Phi) is 7.99. The summed E-state index contributed by atoms with van der Waals surface area (Å²) in [5, 5.41) is 0. The van der Waals surface area contributed by atoms with E-state index in [-0.39, 0.29) is 0 Å². The van der Waals surface area contributed by atoms with Crippen LogP contribution < -0.4 is 0 Å². The van der Waals surface area contributed by atoms with E-state index in [1.54, 1.807) is 0 Å². The first-order valence-electron chi connectivity index (χ1n) is 7.85. The molecule has 0 N–H and O–H groups in total. The highest BCUT2D eigenvalue weighted by Gasteiger charge is 2.34. The highest BCUT2D eigenvalue weighted by molar-refractivity contribution is 4.69. The number of rotatable bonds is 6. The monoisotopic (exact) mass is 290 g/mol. The van der Waals surface area contributed by atoms with Crippen molar-refractivity contribution in [1.82, 2.24) is 0 Å². The molecule has 1 heterocycles. The number of ether oxygens (including phenoxy) is 5. The molecule has 0 bridgehead atoms. The molecule has 0 saturated carbocycles. The van der Waals surface area contributed by atoms with Gasteiger partial charge in [0, 0.05) is 19.4 Å². The Labute approximate surface area is 122 Å². The third-order valence-corrected chi connectivity index (χ3v) is 3.51. The third-order valence-electron chi connectivity index (χ3n) is 3.51. The maximum absolute atomic E-state index is 5.95. The molecular formula is C15H30O5. The van der Waals surface area contributed by atoms with Gasteiger partial charge in [-0.25, -0.2) is 0 Å². The Hall–Kier alpha value is -0.200. The molecule has 0 aromatic carbocycles. The molecule has 0 radical (unpaired) electrons. The van der Waals surface area contributed by atoms with E-state index in [1.807, 2.05) is 13.8 Å². The van der Waals surface area contributed by atoms with Gasteiger partial charge in [-0.2, -0.15) is 0 Å². The van der Waals surface area contributed by atoms with E-state index in [4.69, 9.17) is 23.7 Å². The van der Waals surface area contributed by atoms with Crippen LogP contribution in [0, 0.1) is 0 Å². The highest BCUT2D eigenvalue weighted by atomic mass is 16.9. The fourth-order valence-electron chi connectivity index (χ4n) is 2.45. The normalized spacial score (nSPS) is 33.0. The predicted octanol–water partition coefficient (Wildman–Crippen LogP) is 3.07. The minimum atomic E-state index is -0.960. The average Bonchev–Trinajstić information content (AvgIpc) is 2.47. The van der Waals surface area contributed by atoms with Gasteiger partial charge in [0.25, 0.3) is 5.97 Å². The largest absolute Gasteiger partial charge is 0.348 e. The summed E-state index contributed by atoms with van der Waals surface area (Å²) in [6.45, 7) is 10.5. The van der Waals surface area contributed by atoms with Crippen LogP contribution in [0.3, 0.4) is 0 Å². The van der Waals surface area contributed by atoms with Crippen LogP contribution in [0.15, 0.2) is 0 Å². The van der Waals surface area contributed by atoms with Crippen molar-refractivity contribution < 1.29 is 23.7 Å². The van der Waals surface area contributed by atoms with Crippen LogP contribution in [-0.4, -0.2) is 44.8 Å². The highest BCUT2D eigenvalue weighted by Crippen LogP contribution is 2.27. The first-order chi connectivity index (χ1) is 9.66. The summed E-state index contributed by atoms with van der Waals surface area (Å²) < 4.78 is 29.1. The summed E-state index contributed by atoms with van der Waals surface area (Å²) in [7, 11) is 0. The number of hydrogen-bond acceptors (Lipinski definition) is 5. The van der Waals surface area contributed by atoms with Crippen molar-refractivity contribution in [2.45, 2.75) is 65.1 Å². The zero-order valence-electron chi connectivity index (χ0n) is 13.4. The molecule has 0 spiro atoms. The van der Waals surface area contributed by atoms with E-state index in [1.165, 1.54) is 0 Å². The Bertz CT molecular complexity index is 219. The molecule has 1 saturated heterocycles. The molecular weight excluding hydrogens is 260 g/mol. The van der Waals surface area contributed by atoms with Gasteiger partial charge in [0.05, 0.1) is 26.4 Å². The molecule has 0 atom stereocenters. The van der Waals surface area contributed by atoms with Gasteiger partial charge in [0.1, 0.15) is 0 Å². The van der Waals surface area contributed by atoms with Crippen molar-refractivity contribution in [3.8, 4) is 0 Å². The topological polar surface area (TPSA) is 46.2 Å². The fourth-order valence-corrected chi connectivity index (χ4v) is 2.45. The lowest BCUT2D eigenvalue weighted by molar-refractivity contribution is -0.395. The first-order valence-corrected chi connectivity index (χ1v) is 7.85. The lowest BCUT2D eigenvalue weighted by Gasteiger charge is -2.37. The van der Waals surface area contributed by atoms with E-state index < -0.39 is 11.8 Å². The number of hydrogen-bond donors (Lipinski definition) is 0. The zero-order chi connectivity index (χ0) is 14.9. The predicted molar refractivity (Wildman–Crippen MR) is 76.4 cm³/mol. The standard InChI is InChI=1S/C15H30O5/c1-5-9-14(6-2)17-10-12-19-15(7-3,16-8-4)20-13-11-18-14/h5-13H2,1-4H3. The average molecular weight is 290 g/mol. The second-order valence-electron chi connectivity index (χ2n) is 4.88. The Morgan fingerprint density at radius 1 is 0.800 bits per heavy atom. The van der Waals surface area contributed by atoms with Crippen molar-refractivity contribution in [2.24, 2.45) is 0 Å². The second-order valence-corrected chi connectivity index (χ2v) is 4.88. The van der Waals surface area contributed by atoms with Gasteiger partial charge in [-0.3, -0.25) is 0 Å². The summed E-state index contributed by atoms with van der Waals surface area (Å²) in [6.07, 6.45) is 3.36. The van der Waals surface area contributed by atoms with Crippen LogP contribution >= 0.6 is 0 Å². The minimum absolute atomic E-state index is 0.433. The van der Waals surface area contributed by atoms with Crippen molar-refractivity contribution >= 4 is 0 Å². The van der Waals surface area contributed by atoms with Gasteiger partial charge >= 0.3 is 0 Å². The quantitative estimate of drug-likeness (QED) is 0.752. The Morgan fingerprint density at radius 2 is 1.35 bits per heavy atom. The molecule has 5 heteroatoms. The molecule has 0 aromatic rings. The van der Waals surface area contributed by atoms with E-state index in [0.29, 0.717) is 39.5 Å². The van der Waals surface area contributed by atoms with Crippen LogP contribution in [0.25, 0.3) is 0 Å². The first kappa shape index (κ1) is 17.9. The molecule has 0 aliphatic carbocycles. The van der Waals surface area contributed by atoms with E-state index in [0.717, 1.165) is 19.3 Å². The molecule has 1 aliphatic heterocycles. The van der Waals surface area contributed by atoms with Gasteiger partial charge < -0.3 is 23.7 Å². The fraction of sp³-hybridized carbons (Fsp3) is 1.00. The maximum atomic E-state index is 5.95. The molecule has 0 amide bonds. The van der Waals surface area contributed by atoms with Crippen molar-refractivity contribution in [1.29, 1.82) is 0 Å². The SMILES string of the molecule is CCCC1(CC)OCCOC(CC)(OCC)OCCO1. The van der Waals surface area contributed by atoms with Crippen LogP contribution in [0.4, 0.5) is 0 Å². The summed E-state index contributed by atoms with van der Waals surface area (Å²) in [5.74, 6) is -1.46. The Balaban J connectivity index is 2.63. The minimum Gasteiger partial charge on any atom is -0.348 e. The Morgan fingerprint density at radius 3 is 1.75 bits per heavy atom. The van der Waals surface area contributed by atoms with Crippen LogP contribution in [0.1, 0.15) is 53.4 Å². The van der Waals surface area contributed by atoms with Crippen molar-refractivity contribution in [3.63, 3.8) is 0 Å². The van der Waals surface area contributed by atoms with Gasteiger partial charge in [-0.1, -0.05) is 27.2 Å². The van der Waals surface area contributed by atoms with Crippen LogP contribution in [-0.2, 0) is 23.7 Å². The molecule has 1 rings (SSSR count). The zero-order valence-corrected chi connectivity index (χ0v) is 13.4. The van der Waals surface area contributed by atoms with Gasteiger partial charge in [-0.05, 0) is 13.3 Å². The van der Waals surface area contributed by atoms with Gasteiger partial charge in [0.2, 0.25) is 0 Å². The maximum Gasteiger partial charge on any atom is 0.282 e. The summed E-state index contributed by atoms with van der Waals surface area (Å²) in [5.41, 5.74) is 0.